The van der Waals surface area contributed by atoms with E-state index in [1.807, 2.05) is 18.5 Å². The van der Waals surface area contributed by atoms with Crippen LogP contribution in [0.2, 0.25) is 0 Å². The molecule has 2 aliphatic rings. The molecule has 0 radical (unpaired) electrons. The number of fused-ring (bicyclic) bond motifs is 1. The van der Waals surface area contributed by atoms with Gasteiger partial charge < -0.3 is 10.6 Å². The van der Waals surface area contributed by atoms with Crippen LogP contribution < -0.4 is 10.6 Å². The molecule has 2 aliphatic heterocycles. The third-order valence-corrected chi connectivity index (χ3v) is 4.25. The Morgan fingerprint density at radius 1 is 1.28 bits per heavy atom. The lowest BCUT2D eigenvalue weighted by molar-refractivity contribution is 0.273. The first-order chi connectivity index (χ1) is 8.88. The molecule has 18 heavy (non-hydrogen) atoms. The van der Waals surface area contributed by atoms with Gasteiger partial charge in [0.1, 0.15) is 0 Å². The Labute approximate surface area is 109 Å². The summed E-state index contributed by atoms with van der Waals surface area (Å²) in [7, 11) is 0. The summed E-state index contributed by atoms with van der Waals surface area (Å²) >= 11 is 0. The number of pyridine rings is 1. The van der Waals surface area contributed by atoms with Crippen LogP contribution in [0.15, 0.2) is 18.5 Å². The zero-order chi connectivity index (χ0) is 12.4. The first kappa shape index (κ1) is 11.9. The Morgan fingerprint density at radius 2 is 2.17 bits per heavy atom. The minimum atomic E-state index is 0.600. The van der Waals surface area contributed by atoms with Gasteiger partial charge in [-0.1, -0.05) is 0 Å². The predicted octanol–water partition coefficient (Wildman–Crippen LogP) is 1.21. The third kappa shape index (κ3) is 2.22. The van der Waals surface area contributed by atoms with Crippen molar-refractivity contribution in [3.8, 4) is 0 Å². The molecule has 0 aromatic carbocycles. The van der Waals surface area contributed by atoms with Crippen LogP contribution in [-0.4, -0.2) is 42.1 Å². The number of nitrogens with zero attached hydrogens (tertiary/aromatic N) is 3. The van der Waals surface area contributed by atoms with E-state index in [4.69, 9.17) is 5.73 Å². The molecule has 2 saturated heterocycles. The minimum Gasteiger partial charge on any atom is -0.368 e. The van der Waals surface area contributed by atoms with Gasteiger partial charge in [-0.05, 0) is 37.4 Å². The topological polar surface area (TPSA) is 45.4 Å². The lowest BCUT2D eigenvalue weighted by atomic mass is 10.1. The fraction of sp³-hybridized carbons (Fsp3) is 0.643. The van der Waals surface area contributed by atoms with Gasteiger partial charge in [0.05, 0.1) is 11.9 Å². The first-order valence-corrected chi connectivity index (χ1v) is 7.00. The summed E-state index contributed by atoms with van der Waals surface area (Å²) in [5.74, 6) is 0. The minimum absolute atomic E-state index is 0.600. The molecule has 3 heterocycles. The van der Waals surface area contributed by atoms with Crippen molar-refractivity contribution in [1.82, 2.24) is 9.88 Å². The number of hydrogen-bond acceptors (Lipinski definition) is 4. The summed E-state index contributed by atoms with van der Waals surface area (Å²) in [5, 5.41) is 0. The van der Waals surface area contributed by atoms with Crippen LogP contribution in [0.5, 0.6) is 0 Å². The van der Waals surface area contributed by atoms with E-state index in [9.17, 15) is 0 Å². The summed E-state index contributed by atoms with van der Waals surface area (Å²) in [4.78, 5) is 9.42. The Morgan fingerprint density at radius 3 is 3.06 bits per heavy atom. The molecule has 0 spiro atoms. The summed E-state index contributed by atoms with van der Waals surface area (Å²) in [6.07, 6.45) is 7.76. The molecule has 4 nitrogen and oxygen atoms in total. The monoisotopic (exact) mass is 246 g/mol. The zero-order valence-electron chi connectivity index (χ0n) is 10.9. The normalized spacial score (nSPS) is 24.9. The van der Waals surface area contributed by atoms with E-state index < -0.39 is 0 Å². The fourth-order valence-corrected chi connectivity index (χ4v) is 3.30. The van der Waals surface area contributed by atoms with Crippen molar-refractivity contribution in [2.75, 3.05) is 31.1 Å². The van der Waals surface area contributed by atoms with Crippen molar-refractivity contribution >= 4 is 5.69 Å². The molecule has 0 amide bonds. The van der Waals surface area contributed by atoms with Crippen LogP contribution in [0, 0.1) is 0 Å². The molecule has 2 N–H and O–H groups in total. The molecule has 0 bridgehead atoms. The number of hydrogen-bond donors (Lipinski definition) is 1. The van der Waals surface area contributed by atoms with Crippen molar-refractivity contribution in [3.05, 3.63) is 24.0 Å². The van der Waals surface area contributed by atoms with Crippen LogP contribution in [0.3, 0.4) is 0 Å². The number of nitrogens with two attached hydrogens (primary N) is 1. The summed E-state index contributed by atoms with van der Waals surface area (Å²) in [5.41, 5.74) is 8.30. The molecule has 2 fully saturated rings. The third-order valence-electron chi connectivity index (χ3n) is 4.25. The molecular weight excluding hydrogens is 224 g/mol. The van der Waals surface area contributed by atoms with E-state index in [-0.39, 0.29) is 0 Å². The van der Waals surface area contributed by atoms with Gasteiger partial charge in [-0.2, -0.15) is 0 Å². The lowest BCUT2D eigenvalue weighted by Crippen LogP contribution is -2.37. The highest BCUT2D eigenvalue weighted by atomic mass is 15.3. The van der Waals surface area contributed by atoms with Gasteiger partial charge in [0.2, 0.25) is 0 Å². The van der Waals surface area contributed by atoms with Gasteiger partial charge in [0, 0.05) is 38.4 Å². The second-order valence-corrected chi connectivity index (χ2v) is 5.34. The van der Waals surface area contributed by atoms with Gasteiger partial charge in [0.15, 0.2) is 0 Å². The molecule has 0 saturated carbocycles. The van der Waals surface area contributed by atoms with Gasteiger partial charge in [-0.3, -0.25) is 9.88 Å². The van der Waals surface area contributed by atoms with E-state index in [1.54, 1.807) is 0 Å². The van der Waals surface area contributed by atoms with Gasteiger partial charge in [0.25, 0.3) is 0 Å². The van der Waals surface area contributed by atoms with E-state index in [1.165, 1.54) is 43.6 Å². The Kier molecular flexibility index (Phi) is 3.48. The molecule has 3 rings (SSSR count). The highest BCUT2D eigenvalue weighted by Crippen LogP contribution is 2.26. The number of anilines is 1. The van der Waals surface area contributed by atoms with Crippen LogP contribution >= 0.6 is 0 Å². The van der Waals surface area contributed by atoms with Gasteiger partial charge >= 0.3 is 0 Å². The van der Waals surface area contributed by atoms with Gasteiger partial charge in [-0.25, -0.2) is 0 Å². The average Bonchev–Trinajstić information content (AvgIpc) is 2.76. The molecule has 4 heteroatoms. The molecule has 0 aliphatic carbocycles. The van der Waals surface area contributed by atoms with E-state index in [0.717, 1.165) is 19.1 Å². The molecule has 98 valence electrons. The Hall–Kier alpha value is -1.13. The second kappa shape index (κ2) is 5.24. The highest BCUT2D eigenvalue weighted by Gasteiger charge is 2.29. The second-order valence-electron chi connectivity index (χ2n) is 5.34. The largest absolute Gasteiger partial charge is 0.368 e. The maximum absolute atomic E-state index is 5.84. The van der Waals surface area contributed by atoms with Gasteiger partial charge in [-0.15, -0.1) is 0 Å². The first-order valence-electron chi connectivity index (χ1n) is 7.00. The number of rotatable bonds is 2. The van der Waals surface area contributed by atoms with Crippen molar-refractivity contribution in [1.29, 1.82) is 0 Å². The van der Waals surface area contributed by atoms with E-state index in [2.05, 4.69) is 14.8 Å². The zero-order valence-corrected chi connectivity index (χ0v) is 10.9. The van der Waals surface area contributed by atoms with E-state index >= 15 is 0 Å². The van der Waals surface area contributed by atoms with Crippen LogP contribution in [-0.2, 0) is 6.54 Å². The Balaban J connectivity index is 1.82. The SMILES string of the molecule is NCc1ccncc1N1CCCN2CCCC2C1. The average molecular weight is 246 g/mol. The maximum atomic E-state index is 5.84. The van der Waals surface area contributed by atoms with E-state index in [0.29, 0.717) is 6.54 Å². The van der Waals surface area contributed by atoms with Crippen molar-refractivity contribution < 1.29 is 0 Å². The lowest BCUT2D eigenvalue weighted by Gasteiger charge is -2.28. The molecule has 1 atom stereocenters. The fourth-order valence-electron chi connectivity index (χ4n) is 3.30. The molecule has 1 unspecified atom stereocenters. The van der Waals surface area contributed by atoms with Crippen molar-refractivity contribution in [3.63, 3.8) is 0 Å². The quantitative estimate of drug-likeness (QED) is 0.852. The summed E-state index contributed by atoms with van der Waals surface area (Å²) in [6.45, 7) is 5.40. The van der Waals surface area contributed by atoms with Crippen LogP contribution in [0.4, 0.5) is 5.69 Å². The van der Waals surface area contributed by atoms with Crippen LogP contribution in [0.1, 0.15) is 24.8 Å². The molecule has 1 aromatic heterocycles. The smallest absolute Gasteiger partial charge is 0.0598 e. The maximum Gasteiger partial charge on any atom is 0.0598 e. The van der Waals surface area contributed by atoms with Crippen molar-refractivity contribution in [2.45, 2.75) is 31.8 Å². The standard InChI is InChI=1S/C14H22N4/c15-9-12-4-5-16-10-14(12)18-8-2-7-17-6-1-3-13(17)11-18/h4-5,10,13H,1-3,6-9,11,15H2. The van der Waals surface area contributed by atoms with Crippen molar-refractivity contribution in [2.24, 2.45) is 5.73 Å². The summed E-state index contributed by atoms with van der Waals surface area (Å²) < 4.78 is 0. The molecular formula is C14H22N4. The number of aromatic nitrogens is 1. The highest BCUT2D eigenvalue weighted by molar-refractivity contribution is 5.52. The van der Waals surface area contributed by atoms with Crippen LogP contribution in [0.25, 0.3) is 0 Å². The molecule has 1 aromatic rings. The Bertz CT molecular complexity index is 407. The predicted molar refractivity (Wildman–Crippen MR) is 73.6 cm³/mol. The summed E-state index contributed by atoms with van der Waals surface area (Å²) in [6, 6.07) is 2.78.